The first-order valence-electron chi connectivity index (χ1n) is 6.80. The van der Waals surface area contributed by atoms with Gasteiger partial charge in [-0.2, -0.15) is 0 Å². The zero-order valence-corrected chi connectivity index (χ0v) is 12.1. The van der Waals surface area contributed by atoms with Crippen molar-refractivity contribution in [2.75, 3.05) is 6.61 Å². The summed E-state index contributed by atoms with van der Waals surface area (Å²) in [5.74, 6) is -0.495. The van der Waals surface area contributed by atoms with E-state index in [-0.39, 0.29) is 12.3 Å². The van der Waals surface area contributed by atoms with Crippen molar-refractivity contribution in [3.05, 3.63) is 75.3 Å². The molecule has 0 bridgehead atoms. The molecule has 0 heterocycles. The molecule has 0 spiro atoms. The lowest BCUT2D eigenvalue weighted by atomic mass is 10.0. The molecular weight excluding hydrogens is 282 g/mol. The fourth-order valence-electron chi connectivity index (χ4n) is 1.95. The number of nitro groups is 1. The van der Waals surface area contributed by atoms with E-state index in [2.05, 4.69) is 0 Å². The summed E-state index contributed by atoms with van der Waals surface area (Å²) < 4.78 is 4.98. The van der Waals surface area contributed by atoms with Crippen molar-refractivity contribution in [3.8, 4) is 0 Å². The number of carbonyl (C=O) groups is 1. The van der Waals surface area contributed by atoms with Crippen LogP contribution in [0.2, 0.25) is 0 Å². The molecule has 0 amide bonds. The van der Waals surface area contributed by atoms with Crippen molar-refractivity contribution in [3.63, 3.8) is 0 Å². The SMILES string of the molecule is CCOC(=O)c1ccc([N+](=O)[O-])cc1C=Cc1ccccc1. The first kappa shape index (κ1) is 15.4. The second-order valence-corrected chi connectivity index (χ2v) is 4.49. The molecule has 2 rings (SSSR count). The minimum atomic E-state index is -0.495. The van der Waals surface area contributed by atoms with Crippen LogP contribution < -0.4 is 0 Å². The summed E-state index contributed by atoms with van der Waals surface area (Å²) in [6.45, 7) is 1.96. The van der Waals surface area contributed by atoms with Gasteiger partial charge in [-0.25, -0.2) is 4.79 Å². The molecule has 0 aliphatic heterocycles. The maximum absolute atomic E-state index is 11.9. The van der Waals surface area contributed by atoms with E-state index in [9.17, 15) is 14.9 Å². The smallest absolute Gasteiger partial charge is 0.338 e. The van der Waals surface area contributed by atoms with Gasteiger partial charge in [-0.15, -0.1) is 0 Å². The highest BCUT2D eigenvalue weighted by Crippen LogP contribution is 2.21. The number of nitro benzene ring substituents is 1. The van der Waals surface area contributed by atoms with Crippen LogP contribution in [-0.2, 0) is 4.74 Å². The lowest BCUT2D eigenvalue weighted by Gasteiger charge is -2.05. The fourth-order valence-corrected chi connectivity index (χ4v) is 1.95. The molecular formula is C17H15NO4. The van der Waals surface area contributed by atoms with Gasteiger partial charge in [-0.3, -0.25) is 10.1 Å². The van der Waals surface area contributed by atoms with E-state index in [1.54, 1.807) is 19.1 Å². The van der Waals surface area contributed by atoms with Crippen molar-refractivity contribution in [2.45, 2.75) is 6.92 Å². The Bertz CT molecular complexity index is 708. The zero-order chi connectivity index (χ0) is 15.9. The number of non-ortho nitro benzene ring substituents is 1. The summed E-state index contributed by atoms with van der Waals surface area (Å²) in [4.78, 5) is 22.3. The number of hydrogen-bond donors (Lipinski definition) is 0. The maximum atomic E-state index is 11.9. The van der Waals surface area contributed by atoms with Crippen LogP contribution in [0, 0.1) is 10.1 Å². The van der Waals surface area contributed by atoms with Gasteiger partial charge >= 0.3 is 5.97 Å². The molecule has 2 aromatic carbocycles. The molecule has 0 aromatic heterocycles. The Balaban J connectivity index is 2.41. The highest BCUT2D eigenvalue weighted by molar-refractivity contribution is 5.95. The summed E-state index contributed by atoms with van der Waals surface area (Å²) in [5, 5.41) is 10.9. The van der Waals surface area contributed by atoms with E-state index in [4.69, 9.17) is 4.74 Å². The lowest BCUT2D eigenvalue weighted by Crippen LogP contribution is -2.07. The van der Waals surface area contributed by atoms with Crippen LogP contribution in [0.5, 0.6) is 0 Å². The van der Waals surface area contributed by atoms with E-state index >= 15 is 0 Å². The maximum Gasteiger partial charge on any atom is 0.338 e. The van der Waals surface area contributed by atoms with E-state index in [0.717, 1.165) is 5.56 Å². The van der Waals surface area contributed by atoms with Gasteiger partial charge in [-0.05, 0) is 24.1 Å². The number of ether oxygens (including phenoxy) is 1. The number of rotatable bonds is 5. The average molecular weight is 297 g/mol. The summed E-state index contributed by atoms with van der Waals surface area (Å²) in [7, 11) is 0. The largest absolute Gasteiger partial charge is 0.462 e. The second-order valence-electron chi connectivity index (χ2n) is 4.49. The number of hydrogen-bond acceptors (Lipinski definition) is 4. The molecule has 0 fully saturated rings. The van der Waals surface area contributed by atoms with Gasteiger partial charge in [0.1, 0.15) is 0 Å². The number of esters is 1. The molecule has 0 radical (unpaired) electrons. The third kappa shape index (κ3) is 3.79. The van der Waals surface area contributed by atoms with Crippen molar-refractivity contribution in [1.29, 1.82) is 0 Å². The zero-order valence-electron chi connectivity index (χ0n) is 12.1. The highest BCUT2D eigenvalue weighted by atomic mass is 16.6. The lowest BCUT2D eigenvalue weighted by molar-refractivity contribution is -0.384. The summed E-state index contributed by atoms with van der Waals surface area (Å²) in [5.41, 5.74) is 1.63. The van der Waals surface area contributed by atoms with Gasteiger partial charge in [0.2, 0.25) is 0 Å². The first-order chi connectivity index (χ1) is 10.6. The standard InChI is InChI=1S/C17H15NO4/c1-2-22-17(19)16-11-10-15(18(20)21)12-14(16)9-8-13-6-4-3-5-7-13/h3-12H,2H2,1H3. The molecule has 5 nitrogen and oxygen atoms in total. The van der Waals surface area contributed by atoms with Crippen LogP contribution in [0.1, 0.15) is 28.4 Å². The Morgan fingerprint density at radius 2 is 1.91 bits per heavy atom. The average Bonchev–Trinajstić information content (AvgIpc) is 2.53. The van der Waals surface area contributed by atoms with Gasteiger partial charge < -0.3 is 4.74 Å². The molecule has 5 heteroatoms. The molecule has 0 N–H and O–H groups in total. The van der Waals surface area contributed by atoms with Gasteiger partial charge in [0, 0.05) is 12.1 Å². The predicted octanol–water partition coefficient (Wildman–Crippen LogP) is 3.94. The molecule has 2 aromatic rings. The normalized spacial score (nSPS) is 10.6. The van der Waals surface area contributed by atoms with E-state index in [1.807, 2.05) is 30.3 Å². The van der Waals surface area contributed by atoms with Gasteiger partial charge in [0.05, 0.1) is 17.1 Å². The van der Waals surface area contributed by atoms with Crippen molar-refractivity contribution >= 4 is 23.8 Å². The minimum Gasteiger partial charge on any atom is -0.462 e. The molecule has 0 atom stereocenters. The predicted molar refractivity (Wildman–Crippen MR) is 84.4 cm³/mol. The molecule has 112 valence electrons. The summed E-state index contributed by atoms with van der Waals surface area (Å²) >= 11 is 0. The Labute approximate surface area is 128 Å². The molecule has 0 saturated heterocycles. The van der Waals surface area contributed by atoms with Crippen LogP contribution >= 0.6 is 0 Å². The monoisotopic (exact) mass is 297 g/mol. The Hall–Kier alpha value is -2.95. The molecule has 22 heavy (non-hydrogen) atoms. The van der Waals surface area contributed by atoms with E-state index in [1.165, 1.54) is 18.2 Å². The Morgan fingerprint density at radius 3 is 2.55 bits per heavy atom. The summed E-state index contributed by atoms with van der Waals surface area (Å²) in [6.07, 6.45) is 3.47. The molecule has 0 unspecified atom stereocenters. The third-order valence-corrected chi connectivity index (χ3v) is 3.00. The third-order valence-electron chi connectivity index (χ3n) is 3.00. The minimum absolute atomic E-state index is 0.0687. The van der Waals surface area contributed by atoms with Crippen LogP contribution in [-0.4, -0.2) is 17.5 Å². The van der Waals surface area contributed by atoms with Crippen LogP contribution in [0.4, 0.5) is 5.69 Å². The van der Waals surface area contributed by atoms with Crippen molar-refractivity contribution in [2.24, 2.45) is 0 Å². The number of carbonyl (C=O) groups excluding carboxylic acids is 1. The van der Waals surface area contributed by atoms with Gasteiger partial charge in [0.25, 0.3) is 5.69 Å². The molecule has 0 saturated carbocycles. The number of nitrogens with zero attached hydrogens (tertiary/aromatic N) is 1. The fraction of sp³-hybridized carbons (Fsp3) is 0.118. The Morgan fingerprint density at radius 1 is 1.18 bits per heavy atom. The van der Waals surface area contributed by atoms with Crippen LogP contribution in [0.3, 0.4) is 0 Å². The quantitative estimate of drug-likeness (QED) is 0.363. The number of benzene rings is 2. The van der Waals surface area contributed by atoms with Crippen LogP contribution in [0.15, 0.2) is 48.5 Å². The first-order valence-corrected chi connectivity index (χ1v) is 6.80. The second kappa shape index (κ2) is 7.17. The summed E-state index contributed by atoms with van der Waals surface area (Å²) in [6, 6.07) is 13.6. The van der Waals surface area contributed by atoms with Crippen LogP contribution in [0.25, 0.3) is 12.2 Å². The van der Waals surface area contributed by atoms with Gasteiger partial charge in [0.15, 0.2) is 0 Å². The highest BCUT2D eigenvalue weighted by Gasteiger charge is 2.15. The van der Waals surface area contributed by atoms with E-state index < -0.39 is 10.9 Å². The molecule has 0 aliphatic rings. The van der Waals surface area contributed by atoms with E-state index in [0.29, 0.717) is 11.1 Å². The van der Waals surface area contributed by atoms with Crippen molar-refractivity contribution < 1.29 is 14.5 Å². The van der Waals surface area contributed by atoms with Gasteiger partial charge in [-0.1, -0.05) is 42.5 Å². The van der Waals surface area contributed by atoms with Crippen molar-refractivity contribution in [1.82, 2.24) is 0 Å². The molecule has 0 aliphatic carbocycles. The topological polar surface area (TPSA) is 69.4 Å². The Kier molecular flexibility index (Phi) is 5.03.